The number of ether oxygens (including phenoxy) is 6. The Bertz CT molecular complexity index is 1060. The first kappa shape index (κ1) is 32.1. The predicted molar refractivity (Wildman–Crippen MR) is 160 cm³/mol. The Morgan fingerprint density at radius 2 is 1.24 bits per heavy atom. The first-order valence-electron chi connectivity index (χ1n) is 15.4. The molecule has 4 aliphatic rings. The van der Waals surface area contributed by atoms with Crippen LogP contribution in [0.1, 0.15) is 71.8 Å². The lowest BCUT2D eigenvalue weighted by molar-refractivity contribution is -0.147. The fourth-order valence-corrected chi connectivity index (χ4v) is 7.27. The minimum Gasteiger partial charge on any atom is -0.491 e. The second-order valence-corrected chi connectivity index (χ2v) is 12.7. The van der Waals surface area contributed by atoms with Crippen molar-refractivity contribution in [2.24, 2.45) is 17.8 Å². The van der Waals surface area contributed by atoms with E-state index in [9.17, 15) is 9.59 Å². The standard InChI is InChI=1S/C34H48O8/c1-7-32(35)41-24(5)20-37-22(3)18-39-29-9-10-30(34-15-26-11-27(16-34)13-28(12-26)17-34)31(14-29)40-19-23(4)38-21-25(6)42-33(36)8-2/h7-10,14,22-28H,1-2,11-13,15-21H2,3-6H3. The third-order valence-electron chi connectivity index (χ3n) is 8.72. The number of hydrogen-bond acceptors (Lipinski definition) is 8. The van der Waals surface area contributed by atoms with Crippen molar-refractivity contribution in [3.63, 3.8) is 0 Å². The van der Waals surface area contributed by atoms with E-state index in [1.165, 1.54) is 44.1 Å². The van der Waals surface area contributed by atoms with Crippen LogP contribution >= 0.6 is 0 Å². The van der Waals surface area contributed by atoms with E-state index in [0.29, 0.717) is 13.2 Å². The molecule has 1 aromatic carbocycles. The minimum absolute atomic E-state index is 0.162. The summed E-state index contributed by atoms with van der Waals surface area (Å²) in [6, 6.07) is 6.27. The molecule has 4 fully saturated rings. The maximum atomic E-state index is 11.5. The second kappa shape index (κ2) is 14.6. The van der Waals surface area contributed by atoms with Crippen LogP contribution in [0.4, 0.5) is 0 Å². The summed E-state index contributed by atoms with van der Waals surface area (Å²) >= 11 is 0. The van der Waals surface area contributed by atoms with Gasteiger partial charge in [0.25, 0.3) is 0 Å². The van der Waals surface area contributed by atoms with Gasteiger partial charge in [0.1, 0.15) is 36.9 Å². The topological polar surface area (TPSA) is 89.5 Å². The Kier molecular flexibility index (Phi) is 11.1. The van der Waals surface area contributed by atoms with Gasteiger partial charge in [-0.2, -0.15) is 0 Å². The molecule has 5 rings (SSSR count). The van der Waals surface area contributed by atoms with E-state index in [4.69, 9.17) is 28.4 Å². The summed E-state index contributed by atoms with van der Waals surface area (Å²) in [6.07, 6.45) is 8.95. The Hall–Kier alpha value is -2.84. The van der Waals surface area contributed by atoms with E-state index in [1.54, 1.807) is 13.8 Å². The van der Waals surface area contributed by atoms with Gasteiger partial charge in [0.05, 0.1) is 25.4 Å². The number of hydrogen-bond donors (Lipinski definition) is 0. The highest BCUT2D eigenvalue weighted by Gasteiger charge is 2.52. The molecular formula is C34H48O8. The van der Waals surface area contributed by atoms with Gasteiger partial charge in [0, 0.05) is 23.8 Å². The molecular weight excluding hydrogens is 536 g/mol. The molecule has 8 heteroatoms. The largest absolute Gasteiger partial charge is 0.491 e. The van der Waals surface area contributed by atoms with E-state index in [2.05, 4.69) is 25.3 Å². The minimum atomic E-state index is -0.466. The monoisotopic (exact) mass is 584 g/mol. The van der Waals surface area contributed by atoms with Gasteiger partial charge in [-0.3, -0.25) is 0 Å². The fraction of sp³-hybridized carbons (Fsp3) is 0.647. The molecule has 0 N–H and O–H groups in total. The van der Waals surface area contributed by atoms with Crippen molar-refractivity contribution < 1.29 is 38.0 Å². The highest BCUT2D eigenvalue weighted by atomic mass is 16.6. The molecule has 0 aromatic heterocycles. The molecule has 4 atom stereocenters. The summed E-state index contributed by atoms with van der Waals surface area (Å²) < 4.78 is 34.7. The number of esters is 2. The van der Waals surface area contributed by atoms with Crippen molar-refractivity contribution in [1.29, 1.82) is 0 Å². The molecule has 4 aliphatic carbocycles. The molecule has 4 unspecified atom stereocenters. The fourth-order valence-electron chi connectivity index (χ4n) is 7.27. The maximum Gasteiger partial charge on any atom is 0.330 e. The summed E-state index contributed by atoms with van der Waals surface area (Å²) in [7, 11) is 0. The van der Waals surface area contributed by atoms with E-state index < -0.39 is 11.9 Å². The van der Waals surface area contributed by atoms with Crippen molar-refractivity contribution in [3.05, 3.63) is 49.1 Å². The molecule has 232 valence electrons. The normalized spacial score (nSPS) is 26.9. The van der Waals surface area contributed by atoms with Crippen LogP contribution in [0.5, 0.6) is 11.5 Å². The highest BCUT2D eigenvalue weighted by Crippen LogP contribution is 2.62. The van der Waals surface area contributed by atoms with Gasteiger partial charge in [0.2, 0.25) is 0 Å². The second-order valence-electron chi connectivity index (χ2n) is 12.7. The molecule has 0 amide bonds. The number of carbonyl (C=O) groups is 2. The third kappa shape index (κ3) is 8.60. The van der Waals surface area contributed by atoms with Gasteiger partial charge < -0.3 is 28.4 Å². The van der Waals surface area contributed by atoms with Gasteiger partial charge in [-0.1, -0.05) is 19.2 Å². The molecule has 4 bridgehead atoms. The van der Waals surface area contributed by atoms with Crippen LogP contribution in [0.25, 0.3) is 0 Å². The summed E-state index contributed by atoms with van der Waals surface area (Å²) in [5, 5.41) is 0. The van der Waals surface area contributed by atoms with Crippen molar-refractivity contribution >= 4 is 11.9 Å². The zero-order valence-corrected chi connectivity index (χ0v) is 25.7. The molecule has 0 aliphatic heterocycles. The molecule has 0 saturated heterocycles. The van der Waals surface area contributed by atoms with Crippen LogP contribution in [0.3, 0.4) is 0 Å². The highest BCUT2D eigenvalue weighted by molar-refractivity contribution is 5.81. The van der Waals surface area contributed by atoms with Crippen LogP contribution in [0.2, 0.25) is 0 Å². The SMILES string of the molecule is C=CC(=O)OC(C)COC(C)COc1ccc(C23CC4CC(CC(C4)C2)C3)c(OCC(C)OCC(C)OC(=O)C=C)c1. The molecule has 0 heterocycles. The first-order valence-corrected chi connectivity index (χ1v) is 15.4. The van der Waals surface area contributed by atoms with Gasteiger partial charge >= 0.3 is 11.9 Å². The molecule has 0 spiro atoms. The van der Waals surface area contributed by atoms with Crippen molar-refractivity contribution in [3.8, 4) is 11.5 Å². The zero-order chi connectivity index (χ0) is 30.3. The first-order chi connectivity index (χ1) is 20.1. The summed E-state index contributed by atoms with van der Waals surface area (Å²) in [5.41, 5.74) is 1.45. The molecule has 0 radical (unpaired) electrons. The van der Waals surface area contributed by atoms with Gasteiger partial charge in [-0.15, -0.1) is 0 Å². The van der Waals surface area contributed by atoms with Crippen molar-refractivity contribution in [2.75, 3.05) is 26.4 Å². The lowest BCUT2D eigenvalue weighted by atomic mass is 9.48. The Morgan fingerprint density at radius 1 is 0.762 bits per heavy atom. The van der Waals surface area contributed by atoms with Crippen LogP contribution < -0.4 is 9.47 Å². The van der Waals surface area contributed by atoms with Gasteiger partial charge in [-0.05, 0) is 95.5 Å². The Morgan fingerprint density at radius 3 is 1.71 bits per heavy atom. The van der Waals surface area contributed by atoms with Crippen LogP contribution in [-0.2, 0) is 34.0 Å². The molecule has 8 nitrogen and oxygen atoms in total. The van der Waals surface area contributed by atoms with E-state index >= 15 is 0 Å². The lowest BCUT2D eigenvalue weighted by Gasteiger charge is -2.57. The lowest BCUT2D eigenvalue weighted by Crippen LogP contribution is -2.48. The van der Waals surface area contributed by atoms with Gasteiger partial charge in [-0.25, -0.2) is 9.59 Å². The summed E-state index contributed by atoms with van der Waals surface area (Å²) in [4.78, 5) is 22.8. The van der Waals surface area contributed by atoms with Crippen LogP contribution in [0.15, 0.2) is 43.5 Å². The number of benzene rings is 1. The number of carbonyl (C=O) groups excluding carboxylic acids is 2. The smallest absolute Gasteiger partial charge is 0.330 e. The zero-order valence-electron chi connectivity index (χ0n) is 25.7. The maximum absolute atomic E-state index is 11.5. The molecule has 1 aromatic rings. The Labute approximate surface area is 250 Å². The quantitative estimate of drug-likeness (QED) is 0.164. The van der Waals surface area contributed by atoms with E-state index in [0.717, 1.165) is 41.4 Å². The predicted octanol–water partition coefficient (Wildman–Crippen LogP) is 5.96. The van der Waals surface area contributed by atoms with E-state index in [-0.39, 0.29) is 43.0 Å². The van der Waals surface area contributed by atoms with E-state index in [1.807, 2.05) is 19.9 Å². The average Bonchev–Trinajstić information content (AvgIpc) is 2.95. The third-order valence-corrected chi connectivity index (χ3v) is 8.72. The van der Waals surface area contributed by atoms with Crippen molar-refractivity contribution in [1.82, 2.24) is 0 Å². The number of rotatable bonds is 17. The Balaban J connectivity index is 1.40. The summed E-state index contributed by atoms with van der Waals surface area (Å²) in [6.45, 7) is 15.6. The van der Waals surface area contributed by atoms with Crippen LogP contribution in [0, 0.1) is 17.8 Å². The average molecular weight is 585 g/mol. The molecule has 4 saturated carbocycles. The summed E-state index contributed by atoms with van der Waals surface area (Å²) in [5.74, 6) is 3.09. The van der Waals surface area contributed by atoms with Crippen molar-refractivity contribution in [2.45, 2.75) is 96.1 Å². The molecule has 42 heavy (non-hydrogen) atoms. The van der Waals surface area contributed by atoms with Crippen LogP contribution in [-0.4, -0.2) is 62.8 Å². The van der Waals surface area contributed by atoms with Gasteiger partial charge in [0.15, 0.2) is 0 Å².